The standard InChI is InChI=1S/C16H22ClNO4/c1-16(2)10-18(8-12(22-16)9-20-3)15(19)13-6-5-11(17)7-14(13)21-4/h5-7,12H,8-10H2,1-4H3. The Bertz CT molecular complexity index is 547. The van der Waals surface area contributed by atoms with E-state index in [-0.39, 0.29) is 12.0 Å². The predicted molar refractivity (Wildman–Crippen MR) is 84.7 cm³/mol. The number of hydrogen-bond donors (Lipinski definition) is 0. The van der Waals surface area contributed by atoms with Crippen molar-refractivity contribution in [2.24, 2.45) is 0 Å². The minimum absolute atomic E-state index is 0.0917. The van der Waals surface area contributed by atoms with Gasteiger partial charge in [-0.1, -0.05) is 11.6 Å². The van der Waals surface area contributed by atoms with Crippen LogP contribution in [0.5, 0.6) is 5.75 Å². The Morgan fingerprint density at radius 2 is 2.18 bits per heavy atom. The van der Waals surface area contributed by atoms with Gasteiger partial charge in [0.25, 0.3) is 5.91 Å². The zero-order valence-electron chi connectivity index (χ0n) is 13.4. The molecule has 1 aliphatic heterocycles. The average Bonchev–Trinajstić information content (AvgIpc) is 2.45. The van der Waals surface area contributed by atoms with Gasteiger partial charge in [0.1, 0.15) is 5.75 Å². The maximum absolute atomic E-state index is 12.8. The van der Waals surface area contributed by atoms with Gasteiger partial charge in [-0.25, -0.2) is 0 Å². The van der Waals surface area contributed by atoms with Crippen LogP contribution in [-0.4, -0.2) is 56.4 Å². The van der Waals surface area contributed by atoms with Crippen LogP contribution in [0.15, 0.2) is 18.2 Å². The van der Waals surface area contributed by atoms with Crippen LogP contribution in [0.25, 0.3) is 0 Å². The van der Waals surface area contributed by atoms with Gasteiger partial charge >= 0.3 is 0 Å². The number of carbonyl (C=O) groups is 1. The van der Waals surface area contributed by atoms with Gasteiger partial charge in [0.15, 0.2) is 0 Å². The molecule has 1 aromatic carbocycles. The molecular weight excluding hydrogens is 306 g/mol. The summed E-state index contributed by atoms with van der Waals surface area (Å²) in [6.45, 7) is 5.38. The van der Waals surface area contributed by atoms with E-state index in [2.05, 4.69) is 0 Å². The molecule has 1 amide bonds. The summed E-state index contributed by atoms with van der Waals surface area (Å²) in [4.78, 5) is 14.6. The minimum Gasteiger partial charge on any atom is -0.496 e. The fraction of sp³-hybridized carbons (Fsp3) is 0.562. The molecule has 0 saturated carbocycles. The third kappa shape index (κ3) is 3.91. The first-order valence-electron chi connectivity index (χ1n) is 7.16. The minimum atomic E-state index is -0.420. The molecule has 0 radical (unpaired) electrons. The van der Waals surface area contributed by atoms with Crippen LogP contribution >= 0.6 is 11.6 Å². The van der Waals surface area contributed by atoms with E-state index in [0.29, 0.717) is 36.0 Å². The Morgan fingerprint density at radius 1 is 1.45 bits per heavy atom. The van der Waals surface area contributed by atoms with Crippen molar-refractivity contribution in [1.82, 2.24) is 4.90 Å². The lowest BCUT2D eigenvalue weighted by Crippen LogP contribution is -2.55. The molecule has 0 bridgehead atoms. The highest BCUT2D eigenvalue weighted by atomic mass is 35.5. The Balaban J connectivity index is 2.24. The van der Waals surface area contributed by atoms with Gasteiger partial charge in [-0.3, -0.25) is 4.79 Å². The molecule has 122 valence electrons. The molecule has 0 aliphatic carbocycles. The molecule has 2 rings (SSSR count). The number of nitrogens with zero attached hydrogens (tertiary/aromatic N) is 1. The lowest BCUT2D eigenvalue weighted by Gasteiger charge is -2.42. The predicted octanol–water partition coefficient (Wildman–Crippen LogP) is 2.61. The Morgan fingerprint density at radius 3 is 2.82 bits per heavy atom. The largest absolute Gasteiger partial charge is 0.496 e. The quantitative estimate of drug-likeness (QED) is 0.853. The lowest BCUT2D eigenvalue weighted by molar-refractivity contribution is -0.143. The number of benzene rings is 1. The summed E-state index contributed by atoms with van der Waals surface area (Å²) < 4.78 is 16.4. The maximum Gasteiger partial charge on any atom is 0.257 e. The van der Waals surface area contributed by atoms with Gasteiger partial charge in [0.05, 0.1) is 31.0 Å². The Labute approximate surface area is 136 Å². The summed E-state index contributed by atoms with van der Waals surface area (Å²) in [5.74, 6) is 0.385. The monoisotopic (exact) mass is 327 g/mol. The van der Waals surface area contributed by atoms with Crippen molar-refractivity contribution in [3.05, 3.63) is 28.8 Å². The summed E-state index contributed by atoms with van der Waals surface area (Å²) >= 11 is 5.95. The first kappa shape index (κ1) is 17.1. The molecule has 1 saturated heterocycles. The fourth-order valence-electron chi connectivity index (χ4n) is 2.74. The summed E-state index contributed by atoms with van der Waals surface area (Å²) in [5.41, 5.74) is 0.0808. The maximum atomic E-state index is 12.8. The highest BCUT2D eigenvalue weighted by Crippen LogP contribution is 2.27. The molecule has 1 heterocycles. The smallest absolute Gasteiger partial charge is 0.257 e. The Kier molecular flexibility index (Phi) is 5.32. The van der Waals surface area contributed by atoms with Crippen LogP contribution < -0.4 is 4.74 Å². The molecule has 0 N–H and O–H groups in total. The van der Waals surface area contributed by atoms with E-state index in [1.54, 1.807) is 30.2 Å². The van der Waals surface area contributed by atoms with Gasteiger partial charge < -0.3 is 19.1 Å². The molecule has 1 fully saturated rings. The van der Waals surface area contributed by atoms with Crippen molar-refractivity contribution in [2.45, 2.75) is 25.6 Å². The number of ether oxygens (including phenoxy) is 3. The van der Waals surface area contributed by atoms with Crippen molar-refractivity contribution in [1.29, 1.82) is 0 Å². The van der Waals surface area contributed by atoms with Gasteiger partial charge in [0, 0.05) is 25.2 Å². The molecule has 1 unspecified atom stereocenters. The summed E-state index contributed by atoms with van der Waals surface area (Å²) in [6.07, 6.45) is -0.143. The second-order valence-electron chi connectivity index (χ2n) is 5.99. The molecule has 6 heteroatoms. The van der Waals surface area contributed by atoms with Crippen molar-refractivity contribution in [3.63, 3.8) is 0 Å². The summed E-state index contributed by atoms with van der Waals surface area (Å²) in [5, 5.41) is 0.535. The first-order chi connectivity index (χ1) is 10.4. The number of carbonyl (C=O) groups excluding carboxylic acids is 1. The zero-order valence-corrected chi connectivity index (χ0v) is 14.1. The van der Waals surface area contributed by atoms with E-state index in [4.69, 9.17) is 25.8 Å². The topological polar surface area (TPSA) is 48.0 Å². The van der Waals surface area contributed by atoms with Crippen molar-refractivity contribution in [2.75, 3.05) is 33.9 Å². The van der Waals surface area contributed by atoms with Gasteiger partial charge in [-0.2, -0.15) is 0 Å². The van der Waals surface area contributed by atoms with E-state index < -0.39 is 5.60 Å². The lowest BCUT2D eigenvalue weighted by atomic mass is 10.0. The highest BCUT2D eigenvalue weighted by molar-refractivity contribution is 6.30. The third-order valence-electron chi connectivity index (χ3n) is 3.52. The zero-order chi connectivity index (χ0) is 16.3. The van der Waals surface area contributed by atoms with E-state index >= 15 is 0 Å². The number of methoxy groups -OCH3 is 2. The van der Waals surface area contributed by atoms with Crippen LogP contribution in [0.1, 0.15) is 24.2 Å². The van der Waals surface area contributed by atoms with Gasteiger partial charge in [-0.05, 0) is 32.0 Å². The normalized spacial score (nSPS) is 20.8. The van der Waals surface area contributed by atoms with E-state index in [1.807, 2.05) is 13.8 Å². The van der Waals surface area contributed by atoms with Crippen LogP contribution in [0, 0.1) is 0 Å². The van der Waals surface area contributed by atoms with Crippen molar-refractivity contribution < 1.29 is 19.0 Å². The van der Waals surface area contributed by atoms with E-state index in [9.17, 15) is 4.79 Å². The number of amides is 1. The molecule has 1 aromatic rings. The van der Waals surface area contributed by atoms with Crippen LogP contribution in [-0.2, 0) is 9.47 Å². The fourth-order valence-corrected chi connectivity index (χ4v) is 2.90. The van der Waals surface area contributed by atoms with Crippen LogP contribution in [0.3, 0.4) is 0 Å². The first-order valence-corrected chi connectivity index (χ1v) is 7.53. The molecule has 5 nitrogen and oxygen atoms in total. The molecule has 1 atom stereocenters. The van der Waals surface area contributed by atoms with Gasteiger partial charge in [0.2, 0.25) is 0 Å². The van der Waals surface area contributed by atoms with E-state index in [0.717, 1.165) is 0 Å². The van der Waals surface area contributed by atoms with E-state index in [1.165, 1.54) is 7.11 Å². The number of morpholine rings is 1. The highest BCUT2D eigenvalue weighted by Gasteiger charge is 2.36. The second kappa shape index (κ2) is 6.86. The van der Waals surface area contributed by atoms with Crippen molar-refractivity contribution >= 4 is 17.5 Å². The third-order valence-corrected chi connectivity index (χ3v) is 3.75. The SMILES string of the molecule is COCC1CN(C(=O)c2ccc(Cl)cc2OC)CC(C)(C)O1. The second-order valence-corrected chi connectivity index (χ2v) is 6.42. The average molecular weight is 328 g/mol. The van der Waals surface area contributed by atoms with Crippen LogP contribution in [0.2, 0.25) is 5.02 Å². The van der Waals surface area contributed by atoms with Crippen molar-refractivity contribution in [3.8, 4) is 5.75 Å². The Hall–Kier alpha value is -1.30. The molecule has 22 heavy (non-hydrogen) atoms. The number of hydrogen-bond acceptors (Lipinski definition) is 4. The van der Waals surface area contributed by atoms with Gasteiger partial charge in [-0.15, -0.1) is 0 Å². The molecule has 0 aromatic heterocycles. The number of halogens is 1. The number of rotatable bonds is 4. The van der Waals surface area contributed by atoms with Crippen LogP contribution in [0.4, 0.5) is 0 Å². The molecular formula is C16H22ClNO4. The molecule has 1 aliphatic rings. The molecule has 0 spiro atoms. The summed E-state index contributed by atoms with van der Waals surface area (Å²) in [7, 11) is 3.15. The summed E-state index contributed by atoms with van der Waals surface area (Å²) in [6, 6.07) is 5.03.